The van der Waals surface area contributed by atoms with Gasteiger partial charge in [-0.25, -0.2) is 0 Å². The topological polar surface area (TPSA) is 51.4 Å². The summed E-state index contributed by atoms with van der Waals surface area (Å²) in [6, 6.07) is 6.19. The van der Waals surface area contributed by atoms with E-state index in [-0.39, 0.29) is 18.2 Å². The number of rotatable bonds is 3. The summed E-state index contributed by atoms with van der Waals surface area (Å²) in [6.45, 7) is 6.64. The maximum absolute atomic E-state index is 5.90. The fraction of sp³-hybridized carbons (Fsp3) is 0.615. The zero-order valence-electron chi connectivity index (χ0n) is 10.5. The molecule has 0 spiro atoms. The number of aromatic nitrogens is 1. The first-order chi connectivity index (χ1) is 8.20. The molecule has 1 fully saturated rings. The van der Waals surface area contributed by atoms with Crippen LogP contribution in [0.2, 0.25) is 0 Å². The Bertz CT molecular complexity index is 334. The predicted octanol–water partition coefficient (Wildman–Crippen LogP) is 1.19. The molecule has 1 saturated heterocycles. The molecule has 1 aliphatic rings. The summed E-state index contributed by atoms with van der Waals surface area (Å²) in [5.41, 5.74) is 6.96. The smallest absolute Gasteiger partial charge is 0.0678 e. The molecular formula is C13H21N3O. The van der Waals surface area contributed by atoms with E-state index in [1.54, 1.807) is 0 Å². The van der Waals surface area contributed by atoms with Crippen molar-refractivity contribution in [2.24, 2.45) is 5.73 Å². The van der Waals surface area contributed by atoms with Crippen molar-refractivity contribution in [3.8, 4) is 0 Å². The van der Waals surface area contributed by atoms with Gasteiger partial charge in [-0.1, -0.05) is 6.07 Å². The normalized spacial score (nSPS) is 27.9. The van der Waals surface area contributed by atoms with Gasteiger partial charge in [0.1, 0.15) is 0 Å². The van der Waals surface area contributed by atoms with Crippen LogP contribution in [0, 0.1) is 0 Å². The second-order valence-electron chi connectivity index (χ2n) is 4.72. The molecule has 94 valence electrons. The number of ether oxygens (including phenoxy) is 1. The average molecular weight is 235 g/mol. The fourth-order valence-electron chi connectivity index (χ4n) is 2.50. The summed E-state index contributed by atoms with van der Waals surface area (Å²) in [5.74, 6) is 0. The zero-order chi connectivity index (χ0) is 12.3. The molecule has 1 aliphatic heterocycles. The Kier molecular flexibility index (Phi) is 4.10. The highest BCUT2D eigenvalue weighted by molar-refractivity contribution is 5.10. The van der Waals surface area contributed by atoms with Gasteiger partial charge in [0.2, 0.25) is 0 Å². The van der Waals surface area contributed by atoms with E-state index in [1.807, 2.05) is 24.4 Å². The van der Waals surface area contributed by atoms with Gasteiger partial charge in [-0.15, -0.1) is 0 Å². The summed E-state index contributed by atoms with van der Waals surface area (Å²) < 4.78 is 5.74. The highest BCUT2D eigenvalue weighted by Crippen LogP contribution is 2.22. The number of hydrogen-bond acceptors (Lipinski definition) is 4. The van der Waals surface area contributed by atoms with Crippen LogP contribution in [0.3, 0.4) is 0 Å². The summed E-state index contributed by atoms with van der Waals surface area (Å²) in [7, 11) is 0. The van der Waals surface area contributed by atoms with Gasteiger partial charge in [-0.2, -0.15) is 0 Å². The Morgan fingerprint density at radius 1 is 1.41 bits per heavy atom. The Morgan fingerprint density at radius 3 is 2.65 bits per heavy atom. The van der Waals surface area contributed by atoms with Crippen LogP contribution in [0.15, 0.2) is 24.4 Å². The van der Waals surface area contributed by atoms with E-state index in [0.29, 0.717) is 6.54 Å². The maximum Gasteiger partial charge on any atom is 0.0678 e. The molecule has 0 aromatic carbocycles. The molecule has 0 amide bonds. The first kappa shape index (κ1) is 12.5. The Labute approximate surface area is 103 Å². The minimum absolute atomic E-state index is 0.199. The molecule has 4 nitrogen and oxygen atoms in total. The minimum atomic E-state index is 0.199. The number of nitrogens with zero attached hydrogens (tertiary/aromatic N) is 2. The SMILES string of the molecule is CC1CN(C(CN)c2ccccn2)CC(C)O1. The highest BCUT2D eigenvalue weighted by atomic mass is 16.5. The van der Waals surface area contributed by atoms with Gasteiger partial charge in [0, 0.05) is 25.8 Å². The lowest BCUT2D eigenvalue weighted by Gasteiger charge is -2.39. The lowest BCUT2D eigenvalue weighted by Crippen LogP contribution is -2.48. The molecule has 0 aliphatic carbocycles. The second-order valence-corrected chi connectivity index (χ2v) is 4.72. The van der Waals surface area contributed by atoms with Gasteiger partial charge in [-0.05, 0) is 26.0 Å². The second kappa shape index (κ2) is 5.58. The predicted molar refractivity (Wildman–Crippen MR) is 67.6 cm³/mol. The molecular weight excluding hydrogens is 214 g/mol. The largest absolute Gasteiger partial charge is 0.373 e. The molecule has 0 bridgehead atoms. The van der Waals surface area contributed by atoms with Crippen LogP contribution in [-0.4, -0.2) is 41.7 Å². The quantitative estimate of drug-likeness (QED) is 0.855. The molecule has 3 atom stereocenters. The van der Waals surface area contributed by atoms with E-state index in [4.69, 9.17) is 10.5 Å². The molecule has 0 radical (unpaired) electrons. The third kappa shape index (κ3) is 3.03. The standard InChI is InChI=1S/C13H21N3O/c1-10-8-16(9-11(2)17-10)13(7-14)12-5-3-4-6-15-12/h3-6,10-11,13H,7-9,14H2,1-2H3. The van der Waals surface area contributed by atoms with Gasteiger partial charge < -0.3 is 10.5 Å². The van der Waals surface area contributed by atoms with Gasteiger partial charge in [0.05, 0.1) is 23.9 Å². The van der Waals surface area contributed by atoms with E-state index in [9.17, 15) is 0 Å². The van der Waals surface area contributed by atoms with Crippen LogP contribution in [-0.2, 0) is 4.74 Å². The van der Waals surface area contributed by atoms with Crippen molar-refractivity contribution in [1.82, 2.24) is 9.88 Å². The molecule has 2 N–H and O–H groups in total. The fourth-order valence-corrected chi connectivity index (χ4v) is 2.50. The van der Waals surface area contributed by atoms with Crippen LogP contribution < -0.4 is 5.73 Å². The summed E-state index contributed by atoms with van der Waals surface area (Å²) in [5, 5.41) is 0. The van der Waals surface area contributed by atoms with Crippen molar-refractivity contribution < 1.29 is 4.74 Å². The Hall–Kier alpha value is -0.970. The van der Waals surface area contributed by atoms with Gasteiger partial charge >= 0.3 is 0 Å². The van der Waals surface area contributed by atoms with Gasteiger partial charge in [0.15, 0.2) is 0 Å². The van der Waals surface area contributed by atoms with Crippen LogP contribution in [0.5, 0.6) is 0 Å². The first-order valence-corrected chi connectivity index (χ1v) is 6.21. The van der Waals surface area contributed by atoms with E-state index in [0.717, 1.165) is 18.8 Å². The lowest BCUT2D eigenvalue weighted by molar-refractivity contribution is -0.0803. The number of hydrogen-bond donors (Lipinski definition) is 1. The average Bonchev–Trinajstić information content (AvgIpc) is 2.30. The Balaban J connectivity index is 2.13. The molecule has 1 aromatic rings. The maximum atomic E-state index is 5.90. The Morgan fingerprint density at radius 2 is 2.12 bits per heavy atom. The van der Waals surface area contributed by atoms with Crippen molar-refractivity contribution in [1.29, 1.82) is 0 Å². The summed E-state index contributed by atoms with van der Waals surface area (Å²) in [4.78, 5) is 6.79. The van der Waals surface area contributed by atoms with Gasteiger partial charge in [-0.3, -0.25) is 9.88 Å². The number of pyridine rings is 1. The van der Waals surface area contributed by atoms with Crippen molar-refractivity contribution in [3.05, 3.63) is 30.1 Å². The van der Waals surface area contributed by atoms with E-state index in [2.05, 4.69) is 23.7 Å². The molecule has 1 aromatic heterocycles. The minimum Gasteiger partial charge on any atom is -0.373 e. The molecule has 17 heavy (non-hydrogen) atoms. The van der Waals surface area contributed by atoms with Crippen LogP contribution in [0.4, 0.5) is 0 Å². The van der Waals surface area contributed by atoms with E-state index < -0.39 is 0 Å². The monoisotopic (exact) mass is 235 g/mol. The van der Waals surface area contributed by atoms with Crippen molar-refractivity contribution in [3.63, 3.8) is 0 Å². The third-order valence-electron chi connectivity index (χ3n) is 3.14. The van der Waals surface area contributed by atoms with Crippen LogP contribution in [0.25, 0.3) is 0 Å². The van der Waals surface area contributed by atoms with Crippen molar-refractivity contribution in [2.45, 2.75) is 32.1 Å². The number of nitrogens with two attached hydrogens (primary N) is 1. The zero-order valence-corrected chi connectivity index (χ0v) is 10.5. The van der Waals surface area contributed by atoms with E-state index in [1.165, 1.54) is 0 Å². The van der Waals surface area contributed by atoms with Crippen LogP contribution in [0.1, 0.15) is 25.6 Å². The third-order valence-corrected chi connectivity index (χ3v) is 3.14. The molecule has 2 rings (SSSR count). The molecule has 3 unspecified atom stereocenters. The van der Waals surface area contributed by atoms with Crippen LogP contribution >= 0.6 is 0 Å². The summed E-state index contributed by atoms with van der Waals surface area (Å²) >= 11 is 0. The van der Waals surface area contributed by atoms with E-state index >= 15 is 0 Å². The lowest BCUT2D eigenvalue weighted by atomic mass is 10.1. The van der Waals surface area contributed by atoms with Crippen molar-refractivity contribution >= 4 is 0 Å². The number of morpholine rings is 1. The molecule has 4 heteroatoms. The highest BCUT2D eigenvalue weighted by Gasteiger charge is 2.28. The first-order valence-electron chi connectivity index (χ1n) is 6.21. The van der Waals surface area contributed by atoms with Crippen molar-refractivity contribution in [2.75, 3.05) is 19.6 Å². The summed E-state index contributed by atoms with van der Waals surface area (Å²) in [6.07, 6.45) is 2.35. The molecule has 2 heterocycles. The molecule has 0 saturated carbocycles. The van der Waals surface area contributed by atoms with Gasteiger partial charge in [0.25, 0.3) is 0 Å².